The van der Waals surface area contributed by atoms with Crippen molar-refractivity contribution in [2.75, 3.05) is 13.1 Å². The van der Waals surface area contributed by atoms with Crippen molar-refractivity contribution in [1.29, 1.82) is 0 Å². The average molecular weight is 406 g/mol. The second-order valence-electron chi connectivity index (χ2n) is 6.30. The Labute approximate surface area is 168 Å². The van der Waals surface area contributed by atoms with Crippen molar-refractivity contribution in [2.24, 2.45) is 5.16 Å². The Morgan fingerprint density at radius 1 is 1.26 bits per heavy atom. The van der Waals surface area contributed by atoms with Crippen molar-refractivity contribution in [1.82, 2.24) is 10.2 Å². The predicted octanol–water partition coefficient (Wildman–Crippen LogP) is 4.72. The van der Waals surface area contributed by atoms with E-state index in [2.05, 4.69) is 10.5 Å². The van der Waals surface area contributed by atoms with Crippen LogP contribution in [0.5, 0.6) is 0 Å². The first-order valence-electron chi connectivity index (χ1n) is 8.81. The van der Waals surface area contributed by atoms with Crippen LogP contribution in [-0.4, -0.2) is 35.8 Å². The number of halogens is 2. The molecule has 1 aliphatic heterocycles. The maximum Gasteiger partial charge on any atom is 0.317 e. The molecule has 3 rings (SSSR count). The number of nitrogens with one attached hydrogen (secondary N) is 1. The number of rotatable bonds is 6. The fraction of sp³-hybridized carbons (Fsp3) is 0.300. The van der Waals surface area contributed by atoms with Gasteiger partial charge in [0.2, 0.25) is 0 Å². The van der Waals surface area contributed by atoms with Gasteiger partial charge in [-0.3, -0.25) is 0 Å². The van der Waals surface area contributed by atoms with Crippen molar-refractivity contribution < 1.29 is 9.63 Å². The summed E-state index contributed by atoms with van der Waals surface area (Å²) in [5, 5.41) is 8.31. The lowest BCUT2D eigenvalue weighted by Crippen LogP contribution is -2.43. The molecule has 0 fully saturated rings. The standard InChI is InChI=1S/C20H21Cl2N3O2/c1-2-23-20(26)25(12-14-6-5-7-15(21)10-14)13-16-11-19(24-27-16)17-8-3-4-9-18(17)22/h3-10,16H,2,11-13H2,1H3,(H,23,26)/t16-/m0/s1. The largest absolute Gasteiger partial charge is 0.390 e. The Balaban J connectivity index is 1.68. The molecule has 2 aromatic carbocycles. The lowest BCUT2D eigenvalue weighted by atomic mass is 10.0. The molecule has 1 aliphatic rings. The molecule has 0 unspecified atom stereocenters. The number of carbonyl (C=O) groups is 1. The van der Waals surface area contributed by atoms with Gasteiger partial charge in [0.15, 0.2) is 6.10 Å². The van der Waals surface area contributed by atoms with E-state index in [-0.39, 0.29) is 12.1 Å². The van der Waals surface area contributed by atoms with Crippen molar-refractivity contribution in [3.8, 4) is 0 Å². The van der Waals surface area contributed by atoms with Gasteiger partial charge >= 0.3 is 6.03 Å². The highest BCUT2D eigenvalue weighted by molar-refractivity contribution is 6.34. The Bertz CT molecular complexity index is 841. The summed E-state index contributed by atoms with van der Waals surface area (Å²) >= 11 is 12.3. The molecule has 0 saturated carbocycles. The quantitative estimate of drug-likeness (QED) is 0.755. The van der Waals surface area contributed by atoms with Crippen LogP contribution >= 0.6 is 23.2 Å². The SMILES string of the molecule is CCNC(=O)N(Cc1cccc(Cl)c1)C[C@@H]1CC(c2ccccc2Cl)=NO1. The second kappa shape index (κ2) is 9.11. The molecule has 0 bridgehead atoms. The van der Waals surface area contributed by atoms with Gasteiger partial charge in [-0.1, -0.05) is 58.7 Å². The first kappa shape index (κ1) is 19.5. The van der Waals surface area contributed by atoms with Gasteiger partial charge in [0.25, 0.3) is 0 Å². The van der Waals surface area contributed by atoms with Gasteiger partial charge in [-0.2, -0.15) is 0 Å². The zero-order valence-electron chi connectivity index (χ0n) is 15.0. The zero-order chi connectivity index (χ0) is 19.2. The van der Waals surface area contributed by atoms with Gasteiger partial charge in [-0.05, 0) is 30.7 Å². The minimum Gasteiger partial charge on any atom is -0.390 e. The maximum absolute atomic E-state index is 12.5. The highest BCUT2D eigenvalue weighted by Crippen LogP contribution is 2.24. The van der Waals surface area contributed by atoms with Crippen LogP contribution in [0, 0.1) is 0 Å². The summed E-state index contributed by atoms with van der Waals surface area (Å²) in [5.41, 5.74) is 2.62. The van der Waals surface area contributed by atoms with Crippen LogP contribution in [0.4, 0.5) is 4.79 Å². The molecular weight excluding hydrogens is 385 g/mol. The van der Waals surface area contributed by atoms with Crippen molar-refractivity contribution >= 4 is 34.9 Å². The molecule has 2 aromatic rings. The fourth-order valence-corrected chi connectivity index (χ4v) is 3.42. The van der Waals surface area contributed by atoms with Gasteiger partial charge in [-0.25, -0.2) is 4.79 Å². The van der Waals surface area contributed by atoms with Gasteiger partial charge in [-0.15, -0.1) is 0 Å². The molecule has 0 spiro atoms. The number of hydrogen-bond acceptors (Lipinski definition) is 3. The molecule has 1 atom stereocenters. The topological polar surface area (TPSA) is 53.9 Å². The summed E-state index contributed by atoms with van der Waals surface area (Å²) in [7, 11) is 0. The van der Waals surface area contributed by atoms with Crippen molar-refractivity contribution in [3.05, 3.63) is 69.7 Å². The van der Waals surface area contributed by atoms with E-state index >= 15 is 0 Å². The highest BCUT2D eigenvalue weighted by atomic mass is 35.5. The van der Waals surface area contributed by atoms with E-state index in [0.717, 1.165) is 16.8 Å². The van der Waals surface area contributed by atoms with Crippen LogP contribution in [0.15, 0.2) is 53.7 Å². The van der Waals surface area contributed by atoms with Crippen molar-refractivity contribution in [2.45, 2.75) is 26.0 Å². The van der Waals surface area contributed by atoms with E-state index in [1.807, 2.05) is 55.5 Å². The molecule has 142 valence electrons. The van der Waals surface area contributed by atoms with E-state index in [1.54, 1.807) is 4.90 Å². The van der Waals surface area contributed by atoms with E-state index in [4.69, 9.17) is 28.0 Å². The monoisotopic (exact) mass is 405 g/mol. The third kappa shape index (κ3) is 5.15. The predicted molar refractivity (Wildman–Crippen MR) is 108 cm³/mol. The molecule has 0 aromatic heterocycles. The summed E-state index contributed by atoms with van der Waals surface area (Å²) in [4.78, 5) is 19.8. The van der Waals surface area contributed by atoms with Crippen LogP contribution in [-0.2, 0) is 11.4 Å². The van der Waals surface area contributed by atoms with Crippen LogP contribution in [0.3, 0.4) is 0 Å². The van der Waals surface area contributed by atoms with Crippen LogP contribution < -0.4 is 5.32 Å². The van der Waals surface area contributed by atoms with Crippen molar-refractivity contribution in [3.63, 3.8) is 0 Å². The number of amides is 2. The zero-order valence-corrected chi connectivity index (χ0v) is 16.5. The molecule has 2 amide bonds. The van der Waals surface area contributed by atoms with Gasteiger partial charge in [0.05, 0.1) is 12.3 Å². The number of oxime groups is 1. The average Bonchev–Trinajstić information content (AvgIpc) is 3.10. The molecule has 5 nitrogen and oxygen atoms in total. The molecule has 7 heteroatoms. The van der Waals surface area contributed by atoms with E-state index in [9.17, 15) is 4.79 Å². The summed E-state index contributed by atoms with van der Waals surface area (Å²) in [6, 6.07) is 14.9. The third-order valence-electron chi connectivity index (χ3n) is 4.22. The molecule has 0 aliphatic carbocycles. The maximum atomic E-state index is 12.5. The van der Waals surface area contributed by atoms with Crippen LogP contribution in [0.1, 0.15) is 24.5 Å². The van der Waals surface area contributed by atoms with Crippen LogP contribution in [0.2, 0.25) is 10.0 Å². The number of urea groups is 1. The first-order chi connectivity index (χ1) is 13.1. The van der Waals surface area contributed by atoms with Gasteiger partial charge in [0, 0.05) is 35.1 Å². The van der Waals surface area contributed by atoms with Crippen LogP contribution in [0.25, 0.3) is 0 Å². The second-order valence-corrected chi connectivity index (χ2v) is 7.14. The molecule has 27 heavy (non-hydrogen) atoms. The van der Waals surface area contributed by atoms with E-state index in [0.29, 0.717) is 36.1 Å². The first-order valence-corrected chi connectivity index (χ1v) is 9.57. The highest BCUT2D eigenvalue weighted by Gasteiger charge is 2.27. The third-order valence-corrected chi connectivity index (χ3v) is 4.78. The number of carbonyl (C=O) groups excluding carboxylic acids is 1. The van der Waals surface area contributed by atoms with E-state index < -0.39 is 0 Å². The minimum absolute atomic E-state index is 0.146. The Morgan fingerprint density at radius 3 is 2.81 bits per heavy atom. The number of nitrogens with zero attached hydrogens (tertiary/aromatic N) is 2. The van der Waals surface area contributed by atoms with Gasteiger partial charge < -0.3 is 15.1 Å². The molecule has 1 N–H and O–H groups in total. The van der Waals surface area contributed by atoms with Gasteiger partial charge in [0.1, 0.15) is 0 Å². The normalized spacial score (nSPS) is 15.8. The Hall–Kier alpha value is -2.24. The number of hydrogen-bond donors (Lipinski definition) is 1. The molecule has 0 saturated heterocycles. The fourth-order valence-electron chi connectivity index (χ4n) is 2.96. The molecule has 0 radical (unpaired) electrons. The Morgan fingerprint density at radius 2 is 2.07 bits per heavy atom. The molecule has 1 heterocycles. The smallest absolute Gasteiger partial charge is 0.317 e. The molecular formula is C20H21Cl2N3O2. The lowest BCUT2D eigenvalue weighted by molar-refractivity contribution is 0.0590. The summed E-state index contributed by atoms with van der Waals surface area (Å²) in [5.74, 6) is 0. The number of benzene rings is 2. The summed E-state index contributed by atoms with van der Waals surface area (Å²) in [6.07, 6.45) is 0.368. The summed E-state index contributed by atoms with van der Waals surface area (Å²) < 4.78 is 0. The van der Waals surface area contributed by atoms with E-state index in [1.165, 1.54) is 0 Å². The minimum atomic E-state index is -0.224. The summed E-state index contributed by atoms with van der Waals surface area (Å²) in [6.45, 7) is 3.29. The lowest BCUT2D eigenvalue weighted by Gasteiger charge is -2.25. The Kier molecular flexibility index (Phi) is 6.58.